The first-order valence-corrected chi connectivity index (χ1v) is 7.02. The fourth-order valence-corrected chi connectivity index (χ4v) is 2.58. The summed E-state index contributed by atoms with van der Waals surface area (Å²) in [5.41, 5.74) is 1.10. The quantitative estimate of drug-likeness (QED) is 0.849. The Balaban J connectivity index is 1.80. The second-order valence-electron chi connectivity index (χ2n) is 5.22. The van der Waals surface area contributed by atoms with Crippen LogP contribution in [0, 0.1) is 11.6 Å². The van der Waals surface area contributed by atoms with Gasteiger partial charge in [-0.15, -0.1) is 0 Å². The Labute approximate surface area is 127 Å². The summed E-state index contributed by atoms with van der Waals surface area (Å²) in [5, 5.41) is 0. The molecular weight excluding hydrogens is 288 g/mol. The summed E-state index contributed by atoms with van der Waals surface area (Å²) in [5.74, 6) is -2.37. The Bertz CT molecular complexity index is 690. The summed E-state index contributed by atoms with van der Waals surface area (Å²) in [6, 6.07) is 12.7. The third-order valence-electron chi connectivity index (χ3n) is 3.76. The molecule has 1 fully saturated rings. The van der Waals surface area contributed by atoms with Crippen LogP contribution in [0.2, 0.25) is 0 Å². The smallest absolute Gasteiger partial charge is 0.256 e. The van der Waals surface area contributed by atoms with Gasteiger partial charge in [-0.05, 0) is 30.7 Å². The van der Waals surface area contributed by atoms with Gasteiger partial charge < -0.3 is 9.64 Å². The molecule has 0 radical (unpaired) electrons. The van der Waals surface area contributed by atoms with Crippen molar-refractivity contribution in [2.24, 2.45) is 0 Å². The van der Waals surface area contributed by atoms with Crippen LogP contribution < -0.4 is 0 Å². The Morgan fingerprint density at radius 2 is 1.86 bits per heavy atom. The number of halogens is 2. The molecule has 1 saturated heterocycles. The minimum atomic E-state index is -1.03. The minimum absolute atomic E-state index is 0.114. The van der Waals surface area contributed by atoms with Crippen LogP contribution in [-0.4, -0.2) is 23.6 Å². The Morgan fingerprint density at radius 1 is 1.14 bits per heavy atom. The maximum absolute atomic E-state index is 13.3. The number of carbonyl (C=O) groups excluding carboxylic acids is 1. The lowest BCUT2D eigenvalue weighted by atomic mass is 10.1. The van der Waals surface area contributed by atoms with E-state index in [-0.39, 0.29) is 17.6 Å². The van der Waals surface area contributed by atoms with Gasteiger partial charge in [-0.25, -0.2) is 8.78 Å². The van der Waals surface area contributed by atoms with Gasteiger partial charge in [0.25, 0.3) is 5.91 Å². The lowest BCUT2D eigenvalue weighted by Gasteiger charge is -2.19. The van der Waals surface area contributed by atoms with E-state index in [0.29, 0.717) is 6.54 Å². The molecule has 0 saturated carbocycles. The van der Waals surface area contributed by atoms with Crippen LogP contribution in [0.15, 0.2) is 48.5 Å². The molecule has 5 heteroatoms. The number of nitrogens with zero attached hydrogens (tertiary/aromatic N) is 1. The highest BCUT2D eigenvalue weighted by atomic mass is 19.2. The van der Waals surface area contributed by atoms with Crippen LogP contribution in [0.4, 0.5) is 8.78 Å². The van der Waals surface area contributed by atoms with Gasteiger partial charge in [0.1, 0.15) is 12.3 Å². The highest BCUT2D eigenvalue weighted by Gasteiger charge is 2.34. The van der Waals surface area contributed by atoms with Crippen molar-refractivity contribution in [1.29, 1.82) is 0 Å². The van der Waals surface area contributed by atoms with Crippen molar-refractivity contribution < 1.29 is 18.3 Å². The summed E-state index contributed by atoms with van der Waals surface area (Å²) in [6.07, 6.45) is -0.642. The SMILES string of the molecule is CC1OC(c2ccccc2)CN1C(=O)c1ccc(F)c(F)c1. The van der Waals surface area contributed by atoms with Crippen molar-refractivity contribution in [3.63, 3.8) is 0 Å². The van der Waals surface area contributed by atoms with E-state index in [4.69, 9.17) is 4.74 Å². The number of ether oxygens (including phenoxy) is 1. The molecule has 0 aromatic heterocycles. The highest BCUT2D eigenvalue weighted by Crippen LogP contribution is 2.29. The van der Waals surface area contributed by atoms with Crippen molar-refractivity contribution in [3.8, 4) is 0 Å². The molecule has 2 unspecified atom stereocenters. The van der Waals surface area contributed by atoms with Crippen LogP contribution in [0.1, 0.15) is 28.9 Å². The molecule has 3 rings (SSSR count). The van der Waals surface area contributed by atoms with Gasteiger partial charge >= 0.3 is 0 Å². The number of hydrogen-bond acceptors (Lipinski definition) is 2. The summed E-state index contributed by atoms with van der Waals surface area (Å²) in [4.78, 5) is 14.0. The standard InChI is InChI=1S/C17H15F2NO2/c1-11-20(10-16(22-11)12-5-3-2-4-6-12)17(21)13-7-8-14(18)15(19)9-13/h2-9,11,16H,10H2,1H3. The van der Waals surface area contributed by atoms with E-state index >= 15 is 0 Å². The second-order valence-corrected chi connectivity index (χ2v) is 5.22. The van der Waals surface area contributed by atoms with Crippen LogP contribution in [0.5, 0.6) is 0 Å². The van der Waals surface area contributed by atoms with Crippen LogP contribution in [0.25, 0.3) is 0 Å². The van der Waals surface area contributed by atoms with Gasteiger partial charge in [0.2, 0.25) is 0 Å². The molecule has 22 heavy (non-hydrogen) atoms. The van der Waals surface area contributed by atoms with Crippen LogP contribution >= 0.6 is 0 Å². The van der Waals surface area contributed by atoms with Crippen molar-refractivity contribution in [3.05, 3.63) is 71.3 Å². The zero-order valence-electron chi connectivity index (χ0n) is 12.0. The van der Waals surface area contributed by atoms with E-state index in [0.717, 1.165) is 17.7 Å². The Kier molecular flexibility index (Phi) is 3.90. The molecular formula is C17H15F2NO2. The van der Waals surface area contributed by atoms with E-state index in [1.165, 1.54) is 11.0 Å². The summed E-state index contributed by atoms with van der Waals surface area (Å²) < 4.78 is 32.1. The molecule has 1 heterocycles. The minimum Gasteiger partial charge on any atom is -0.349 e. The molecule has 0 spiro atoms. The predicted octanol–water partition coefficient (Wildman–Crippen LogP) is 3.52. The first-order chi connectivity index (χ1) is 10.6. The normalized spacial score (nSPS) is 21.1. The lowest BCUT2D eigenvalue weighted by molar-refractivity contribution is 0.0137. The maximum Gasteiger partial charge on any atom is 0.256 e. The van der Waals surface area contributed by atoms with Gasteiger partial charge in [-0.1, -0.05) is 30.3 Å². The number of carbonyl (C=O) groups is 1. The number of hydrogen-bond donors (Lipinski definition) is 0. The number of benzene rings is 2. The highest BCUT2D eigenvalue weighted by molar-refractivity contribution is 5.94. The number of amides is 1. The first kappa shape index (κ1) is 14.7. The monoisotopic (exact) mass is 303 g/mol. The third-order valence-corrected chi connectivity index (χ3v) is 3.76. The van der Waals surface area contributed by atoms with Crippen LogP contribution in [-0.2, 0) is 4.74 Å². The van der Waals surface area contributed by atoms with E-state index in [9.17, 15) is 13.6 Å². The zero-order chi connectivity index (χ0) is 15.7. The largest absolute Gasteiger partial charge is 0.349 e. The van der Waals surface area contributed by atoms with Crippen LogP contribution in [0.3, 0.4) is 0 Å². The average molecular weight is 303 g/mol. The fraction of sp³-hybridized carbons (Fsp3) is 0.235. The molecule has 0 aliphatic carbocycles. The van der Waals surface area contributed by atoms with E-state index in [1.54, 1.807) is 6.92 Å². The van der Waals surface area contributed by atoms with E-state index in [2.05, 4.69) is 0 Å². The topological polar surface area (TPSA) is 29.5 Å². The Morgan fingerprint density at radius 3 is 2.55 bits per heavy atom. The van der Waals surface area contributed by atoms with Gasteiger partial charge in [0, 0.05) is 5.56 Å². The van der Waals surface area contributed by atoms with Gasteiger partial charge in [-0.2, -0.15) is 0 Å². The van der Waals surface area contributed by atoms with Crippen molar-refractivity contribution in [2.45, 2.75) is 19.3 Å². The first-order valence-electron chi connectivity index (χ1n) is 7.02. The molecule has 0 bridgehead atoms. The summed E-state index contributed by atoms with van der Waals surface area (Å²) in [6.45, 7) is 2.14. The van der Waals surface area contributed by atoms with Gasteiger partial charge in [0.15, 0.2) is 11.6 Å². The molecule has 2 aromatic carbocycles. The van der Waals surface area contributed by atoms with Gasteiger partial charge in [-0.3, -0.25) is 4.79 Å². The summed E-state index contributed by atoms with van der Waals surface area (Å²) in [7, 11) is 0. The second kappa shape index (κ2) is 5.85. The average Bonchev–Trinajstić information content (AvgIpc) is 2.92. The van der Waals surface area contributed by atoms with Crippen molar-refractivity contribution >= 4 is 5.91 Å². The third kappa shape index (κ3) is 2.72. The summed E-state index contributed by atoms with van der Waals surface area (Å²) >= 11 is 0. The van der Waals surface area contributed by atoms with Gasteiger partial charge in [0.05, 0.1) is 6.54 Å². The molecule has 1 aliphatic rings. The molecule has 2 aromatic rings. The Hall–Kier alpha value is -2.27. The molecule has 3 nitrogen and oxygen atoms in total. The van der Waals surface area contributed by atoms with E-state index in [1.807, 2.05) is 30.3 Å². The maximum atomic E-state index is 13.3. The van der Waals surface area contributed by atoms with Crippen molar-refractivity contribution in [2.75, 3.05) is 6.54 Å². The molecule has 114 valence electrons. The molecule has 1 amide bonds. The lowest BCUT2D eigenvalue weighted by Crippen LogP contribution is -2.34. The zero-order valence-corrected chi connectivity index (χ0v) is 12.0. The predicted molar refractivity (Wildman–Crippen MR) is 77.1 cm³/mol. The molecule has 1 aliphatic heterocycles. The fourth-order valence-electron chi connectivity index (χ4n) is 2.58. The molecule has 0 N–H and O–H groups in total. The number of rotatable bonds is 2. The van der Waals surface area contributed by atoms with E-state index < -0.39 is 17.9 Å². The molecule has 2 atom stereocenters. The van der Waals surface area contributed by atoms with Crippen molar-refractivity contribution in [1.82, 2.24) is 4.90 Å².